The Morgan fingerprint density at radius 1 is 1.00 bits per heavy atom. The number of hydrogen-bond donors (Lipinski definition) is 1. The number of likely N-dealkylation sites (N-methyl/N-ethyl adjacent to an activating group) is 1. The summed E-state index contributed by atoms with van der Waals surface area (Å²) in [6.45, 7) is 2.35. The van der Waals surface area contributed by atoms with E-state index in [1.807, 2.05) is 54.6 Å². The minimum Gasteiger partial charge on any atom is -0.465 e. The van der Waals surface area contributed by atoms with Crippen molar-refractivity contribution < 1.29 is 19.1 Å². The number of carbonyl (C=O) groups excluding carboxylic acids is 3. The Bertz CT molecular complexity index is 1380. The maximum absolute atomic E-state index is 13.2. The Balaban J connectivity index is 1.47. The van der Waals surface area contributed by atoms with Gasteiger partial charge in [-0.25, -0.2) is 4.79 Å². The molecule has 8 heteroatoms. The van der Waals surface area contributed by atoms with Gasteiger partial charge in [-0.15, -0.1) is 0 Å². The number of nitrogens with one attached hydrogen (secondary N) is 1. The number of hydrogen-bond acceptors (Lipinski definition) is 6. The molecule has 0 spiro atoms. The molecule has 1 saturated heterocycles. The summed E-state index contributed by atoms with van der Waals surface area (Å²) in [5.74, 6) is -1.34. The predicted molar refractivity (Wildman–Crippen MR) is 147 cm³/mol. The van der Waals surface area contributed by atoms with E-state index in [2.05, 4.69) is 10.2 Å². The first kappa shape index (κ1) is 25.4. The van der Waals surface area contributed by atoms with Gasteiger partial charge < -0.3 is 15.0 Å². The predicted octanol–water partition coefficient (Wildman–Crippen LogP) is 4.39. The highest BCUT2D eigenvalue weighted by Crippen LogP contribution is 2.37. The van der Waals surface area contributed by atoms with Crippen LogP contribution in [0.5, 0.6) is 0 Å². The third-order valence-corrected chi connectivity index (χ3v) is 7.06. The Hall–Kier alpha value is -4.30. The van der Waals surface area contributed by atoms with Crippen LogP contribution >= 0.6 is 0 Å². The number of carbonyl (C=O) groups is 3. The summed E-state index contributed by atoms with van der Waals surface area (Å²) in [5.41, 5.74) is 4.47. The van der Waals surface area contributed by atoms with E-state index < -0.39 is 11.9 Å². The summed E-state index contributed by atoms with van der Waals surface area (Å²) >= 11 is 0. The minimum absolute atomic E-state index is 0.0498. The van der Waals surface area contributed by atoms with Gasteiger partial charge >= 0.3 is 5.97 Å². The van der Waals surface area contributed by atoms with Crippen LogP contribution in [0.4, 0.5) is 17.1 Å². The van der Waals surface area contributed by atoms with Crippen LogP contribution in [-0.2, 0) is 14.3 Å². The van der Waals surface area contributed by atoms with Gasteiger partial charge in [0.05, 0.1) is 30.6 Å². The lowest BCUT2D eigenvalue weighted by Crippen LogP contribution is -2.37. The van der Waals surface area contributed by atoms with Gasteiger partial charge in [-0.3, -0.25) is 19.5 Å². The van der Waals surface area contributed by atoms with Crippen LogP contribution in [0.15, 0.2) is 77.8 Å². The molecule has 2 amide bonds. The summed E-state index contributed by atoms with van der Waals surface area (Å²) in [4.78, 5) is 46.9. The van der Waals surface area contributed by atoms with Crippen molar-refractivity contribution in [2.45, 2.75) is 18.8 Å². The quantitative estimate of drug-likeness (QED) is 0.376. The molecule has 3 aromatic carbocycles. The van der Waals surface area contributed by atoms with E-state index in [0.717, 1.165) is 37.2 Å². The second kappa shape index (κ2) is 11.0. The molecule has 2 aliphatic heterocycles. The van der Waals surface area contributed by atoms with Crippen molar-refractivity contribution in [3.8, 4) is 0 Å². The molecule has 1 atom stereocenters. The normalized spacial score (nSPS) is 17.2. The maximum Gasteiger partial charge on any atom is 0.337 e. The van der Waals surface area contributed by atoms with Gasteiger partial charge in [-0.05, 0) is 79.5 Å². The third kappa shape index (κ3) is 5.21. The van der Waals surface area contributed by atoms with Gasteiger partial charge in [0.15, 0.2) is 0 Å². The van der Waals surface area contributed by atoms with Crippen LogP contribution < -0.4 is 10.2 Å². The van der Waals surface area contributed by atoms with E-state index in [4.69, 9.17) is 9.73 Å². The second-order valence-corrected chi connectivity index (χ2v) is 9.53. The van der Waals surface area contributed by atoms with Gasteiger partial charge in [0, 0.05) is 18.4 Å². The number of esters is 1. The van der Waals surface area contributed by atoms with Crippen molar-refractivity contribution in [3.05, 3.63) is 89.5 Å². The number of fused-ring (bicyclic) bond motifs is 1. The molecule has 3 aromatic rings. The average molecular weight is 511 g/mol. The molecule has 0 aromatic heterocycles. The summed E-state index contributed by atoms with van der Waals surface area (Å²) < 4.78 is 4.88. The Kier molecular flexibility index (Phi) is 7.33. The first-order valence-electron chi connectivity index (χ1n) is 12.7. The van der Waals surface area contributed by atoms with Gasteiger partial charge in [0.25, 0.3) is 0 Å². The fourth-order valence-corrected chi connectivity index (χ4v) is 4.95. The number of benzene rings is 3. The Morgan fingerprint density at radius 3 is 2.39 bits per heavy atom. The smallest absolute Gasteiger partial charge is 0.337 e. The molecule has 0 saturated carbocycles. The van der Waals surface area contributed by atoms with Gasteiger partial charge in [0.1, 0.15) is 5.92 Å². The van der Waals surface area contributed by atoms with E-state index in [1.165, 1.54) is 7.11 Å². The van der Waals surface area contributed by atoms with Crippen molar-refractivity contribution in [1.82, 2.24) is 4.90 Å². The zero-order valence-electron chi connectivity index (χ0n) is 21.5. The Labute approximate surface area is 221 Å². The SMILES string of the molecule is COC(=O)c1ccc2c(c1)C(C(=Nc1ccc(N(C)C(=O)CN3CCCC3)cc1)c1ccccc1)C(=O)N2. The molecule has 194 valence electrons. The lowest BCUT2D eigenvalue weighted by atomic mass is 9.90. The van der Waals surface area contributed by atoms with Crippen molar-refractivity contribution in [2.24, 2.45) is 4.99 Å². The topological polar surface area (TPSA) is 91.3 Å². The summed E-state index contributed by atoms with van der Waals surface area (Å²) in [6.07, 6.45) is 2.28. The Morgan fingerprint density at radius 2 is 1.71 bits per heavy atom. The van der Waals surface area contributed by atoms with Crippen molar-refractivity contribution in [2.75, 3.05) is 44.0 Å². The highest BCUT2D eigenvalue weighted by atomic mass is 16.5. The van der Waals surface area contributed by atoms with Crippen LogP contribution in [0.25, 0.3) is 0 Å². The fraction of sp³-hybridized carbons (Fsp3) is 0.267. The van der Waals surface area contributed by atoms with E-state index in [1.54, 1.807) is 30.1 Å². The number of rotatable bonds is 7. The van der Waals surface area contributed by atoms with Crippen molar-refractivity contribution >= 4 is 40.6 Å². The summed E-state index contributed by atoms with van der Waals surface area (Å²) in [7, 11) is 3.11. The zero-order valence-corrected chi connectivity index (χ0v) is 21.5. The zero-order chi connectivity index (χ0) is 26.6. The van der Waals surface area contributed by atoms with E-state index >= 15 is 0 Å². The molecular weight excluding hydrogens is 480 g/mol. The first-order chi connectivity index (χ1) is 18.4. The number of methoxy groups -OCH3 is 1. The first-order valence-corrected chi connectivity index (χ1v) is 12.7. The van der Waals surface area contributed by atoms with E-state index in [-0.39, 0.29) is 11.8 Å². The molecule has 2 aliphatic rings. The monoisotopic (exact) mass is 510 g/mol. The lowest BCUT2D eigenvalue weighted by molar-refractivity contribution is -0.119. The van der Waals surface area contributed by atoms with Gasteiger partial charge in [0.2, 0.25) is 11.8 Å². The molecule has 1 unspecified atom stereocenters. The summed E-state index contributed by atoms with van der Waals surface area (Å²) in [5, 5.41) is 2.91. The van der Waals surface area contributed by atoms with Crippen LogP contribution in [-0.4, -0.2) is 62.2 Å². The number of amides is 2. The molecule has 0 aliphatic carbocycles. The van der Waals surface area contributed by atoms with Crippen LogP contribution in [0.3, 0.4) is 0 Å². The number of likely N-dealkylation sites (tertiary alicyclic amines) is 1. The molecule has 2 heterocycles. The van der Waals surface area contributed by atoms with Crippen molar-refractivity contribution in [3.63, 3.8) is 0 Å². The lowest BCUT2D eigenvalue weighted by Gasteiger charge is -2.21. The molecule has 0 radical (unpaired) electrons. The highest BCUT2D eigenvalue weighted by Gasteiger charge is 2.36. The molecule has 0 bridgehead atoms. The molecule has 5 rings (SSSR count). The fourth-order valence-electron chi connectivity index (χ4n) is 4.95. The van der Waals surface area contributed by atoms with E-state index in [0.29, 0.717) is 34.8 Å². The standard InChI is InChI=1S/C30H30N4O4/c1-33(26(35)19-34-16-6-7-17-34)23-13-11-22(12-14-23)31-28(20-8-4-3-5-9-20)27-24-18-21(30(37)38-2)10-15-25(24)32-29(27)36/h3-5,8-15,18,27H,6-7,16-17,19H2,1-2H3,(H,32,36). The van der Waals surface area contributed by atoms with Crippen LogP contribution in [0.2, 0.25) is 0 Å². The largest absolute Gasteiger partial charge is 0.465 e. The van der Waals surface area contributed by atoms with Gasteiger partial charge in [-0.1, -0.05) is 30.3 Å². The highest BCUT2D eigenvalue weighted by molar-refractivity contribution is 6.24. The second-order valence-electron chi connectivity index (χ2n) is 9.53. The summed E-state index contributed by atoms with van der Waals surface area (Å²) in [6, 6.07) is 22.0. The molecule has 1 N–H and O–H groups in total. The number of aliphatic imine (C=N–C) groups is 1. The molecule has 1 fully saturated rings. The number of anilines is 2. The van der Waals surface area contributed by atoms with Gasteiger partial charge in [-0.2, -0.15) is 0 Å². The maximum atomic E-state index is 13.2. The number of ether oxygens (including phenoxy) is 1. The van der Waals surface area contributed by atoms with Crippen LogP contribution in [0.1, 0.15) is 40.2 Å². The average Bonchev–Trinajstić information content (AvgIpc) is 3.58. The molecule has 8 nitrogen and oxygen atoms in total. The molecular formula is C30H30N4O4. The minimum atomic E-state index is -0.707. The number of nitrogens with zero attached hydrogens (tertiary/aromatic N) is 3. The third-order valence-electron chi connectivity index (χ3n) is 7.06. The van der Waals surface area contributed by atoms with E-state index in [9.17, 15) is 14.4 Å². The van der Waals surface area contributed by atoms with Crippen molar-refractivity contribution in [1.29, 1.82) is 0 Å². The molecule has 38 heavy (non-hydrogen) atoms. The van der Waals surface area contributed by atoms with Crippen LogP contribution in [0, 0.1) is 0 Å².